The van der Waals surface area contributed by atoms with Gasteiger partial charge in [-0.15, -0.1) is 0 Å². The van der Waals surface area contributed by atoms with E-state index in [2.05, 4.69) is 29.6 Å². The molecule has 2 bridgehead atoms. The van der Waals surface area contributed by atoms with Gasteiger partial charge in [-0.1, -0.05) is 80.4 Å². The second kappa shape index (κ2) is 9.18. The third-order valence-corrected chi connectivity index (χ3v) is 8.29. The molecule has 188 valence electrons. The SMILES string of the molecule is CCCC[C@H](C(=O)Nc1ccccc1OC)N1C(=O)[C@@H]2C3c4ccccc4C(c4ccccc43)[C@H]2C1=O. The molecule has 37 heavy (non-hydrogen) atoms. The van der Waals surface area contributed by atoms with Gasteiger partial charge < -0.3 is 10.1 Å². The van der Waals surface area contributed by atoms with Gasteiger partial charge in [-0.2, -0.15) is 0 Å². The molecule has 1 aliphatic heterocycles. The highest BCUT2D eigenvalue weighted by atomic mass is 16.5. The standard InChI is InChI=1S/C31H30N2O4/c1-3-4-16-23(29(34)32-22-15-9-10-17-24(22)37-2)33-30(35)27-25-18-11-5-6-12-19(18)26(28(27)31(33)36)21-14-8-7-13-20(21)25/h5-15,17,23,25-28H,3-4,16H2,1-2H3,(H,32,34)/t23-,25?,26?,27-,28-/m1/s1. The minimum Gasteiger partial charge on any atom is -0.495 e. The van der Waals surface area contributed by atoms with Crippen molar-refractivity contribution in [3.05, 3.63) is 95.1 Å². The third-order valence-electron chi connectivity index (χ3n) is 8.29. The summed E-state index contributed by atoms with van der Waals surface area (Å²) in [7, 11) is 1.54. The molecule has 0 unspecified atom stereocenters. The van der Waals surface area contributed by atoms with Crippen LogP contribution < -0.4 is 10.1 Å². The Balaban J connectivity index is 1.40. The van der Waals surface area contributed by atoms with E-state index in [-0.39, 0.29) is 29.6 Å². The number of carbonyl (C=O) groups excluding carboxylic acids is 3. The van der Waals surface area contributed by atoms with E-state index in [0.29, 0.717) is 17.9 Å². The molecule has 1 fully saturated rings. The zero-order valence-electron chi connectivity index (χ0n) is 21.0. The maximum atomic E-state index is 14.1. The predicted octanol–water partition coefficient (Wildman–Crippen LogP) is 5.08. The summed E-state index contributed by atoms with van der Waals surface area (Å²) in [6.07, 6.45) is 2.00. The molecule has 0 saturated carbocycles. The Kier molecular flexibility index (Phi) is 5.82. The van der Waals surface area contributed by atoms with Crippen molar-refractivity contribution in [3.8, 4) is 5.75 Å². The molecule has 4 aliphatic rings. The molecular formula is C31H30N2O4. The average molecular weight is 495 g/mol. The summed E-state index contributed by atoms with van der Waals surface area (Å²) in [6.45, 7) is 2.04. The fourth-order valence-corrected chi connectivity index (χ4v) is 6.75. The lowest BCUT2D eigenvalue weighted by Crippen LogP contribution is -2.48. The van der Waals surface area contributed by atoms with Crippen LogP contribution in [-0.4, -0.2) is 35.8 Å². The van der Waals surface area contributed by atoms with E-state index >= 15 is 0 Å². The van der Waals surface area contributed by atoms with Gasteiger partial charge in [-0.05, 0) is 40.8 Å². The van der Waals surface area contributed by atoms with Crippen LogP contribution in [-0.2, 0) is 14.4 Å². The smallest absolute Gasteiger partial charge is 0.247 e. The molecular weight excluding hydrogens is 464 g/mol. The highest BCUT2D eigenvalue weighted by molar-refractivity contribution is 6.11. The van der Waals surface area contributed by atoms with Crippen molar-refractivity contribution < 1.29 is 19.1 Å². The Labute approximate surface area is 216 Å². The first-order valence-corrected chi connectivity index (χ1v) is 13.0. The molecule has 0 spiro atoms. The summed E-state index contributed by atoms with van der Waals surface area (Å²) in [5, 5.41) is 2.93. The number of carbonyl (C=O) groups is 3. The van der Waals surface area contributed by atoms with Crippen molar-refractivity contribution in [1.29, 1.82) is 0 Å². The van der Waals surface area contributed by atoms with Gasteiger partial charge in [-0.25, -0.2) is 0 Å². The lowest BCUT2D eigenvalue weighted by molar-refractivity contribution is -0.147. The Bertz CT molecular complexity index is 1280. The molecule has 3 amide bonds. The fourth-order valence-electron chi connectivity index (χ4n) is 6.75. The number of nitrogens with zero attached hydrogens (tertiary/aromatic N) is 1. The molecule has 0 radical (unpaired) electrons. The van der Waals surface area contributed by atoms with Crippen LogP contribution in [0, 0.1) is 11.8 Å². The van der Waals surface area contributed by atoms with E-state index in [9.17, 15) is 14.4 Å². The Morgan fingerprint density at radius 2 is 1.32 bits per heavy atom. The number of rotatable bonds is 7. The quantitative estimate of drug-likeness (QED) is 0.465. The lowest BCUT2D eigenvalue weighted by Gasteiger charge is -2.45. The van der Waals surface area contributed by atoms with Gasteiger partial charge in [0, 0.05) is 11.8 Å². The molecule has 3 atom stereocenters. The number of para-hydroxylation sites is 2. The summed E-state index contributed by atoms with van der Waals surface area (Å²) < 4.78 is 5.40. The van der Waals surface area contributed by atoms with E-state index < -0.39 is 17.9 Å². The van der Waals surface area contributed by atoms with Gasteiger partial charge in [0.05, 0.1) is 24.6 Å². The molecule has 6 nitrogen and oxygen atoms in total. The zero-order valence-corrected chi connectivity index (χ0v) is 21.0. The molecule has 1 heterocycles. The molecule has 3 aliphatic carbocycles. The number of methoxy groups -OCH3 is 1. The van der Waals surface area contributed by atoms with Crippen molar-refractivity contribution in [2.24, 2.45) is 11.8 Å². The van der Waals surface area contributed by atoms with Crippen LogP contribution in [0.25, 0.3) is 0 Å². The maximum absolute atomic E-state index is 14.1. The molecule has 7 rings (SSSR count). The first-order chi connectivity index (χ1) is 18.1. The lowest BCUT2D eigenvalue weighted by atomic mass is 9.55. The van der Waals surface area contributed by atoms with Crippen molar-refractivity contribution in [3.63, 3.8) is 0 Å². The van der Waals surface area contributed by atoms with Gasteiger partial charge in [0.1, 0.15) is 11.8 Å². The number of hydrogen-bond acceptors (Lipinski definition) is 4. The van der Waals surface area contributed by atoms with E-state index in [0.717, 1.165) is 35.1 Å². The fraction of sp³-hybridized carbons (Fsp3) is 0.323. The highest BCUT2D eigenvalue weighted by Gasteiger charge is 2.62. The van der Waals surface area contributed by atoms with E-state index in [1.807, 2.05) is 43.3 Å². The number of nitrogens with one attached hydrogen (secondary N) is 1. The molecule has 1 N–H and O–H groups in total. The topological polar surface area (TPSA) is 75.7 Å². The van der Waals surface area contributed by atoms with Gasteiger partial charge in [0.25, 0.3) is 0 Å². The first kappa shape index (κ1) is 23.5. The Morgan fingerprint density at radius 3 is 1.81 bits per heavy atom. The van der Waals surface area contributed by atoms with Crippen LogP contribution in [0.15, 0.2) is 72.8 Å². The van der Waals surface area contributed by atoms with Gasteiger partial charge in [-0.3, -0.25) is 19.3 Å². The number of benzene rings is 3. The van der Waals surface area contributed by atoms with Crippen molar-refractivity contribution in [2.75, 3.05) is 12.4 Å². The average Bonchev–Trinajstić information content (AvgIpc) is 3.19. The summed E-state index contributed by atoms with van der Waals surface area (Å²) in [6, 6.07) is 22.6. The number of amides is 3. The summed E-state index contributed by atoms with van der Waals surface area (Å²) >= 11 is 0. The van der Waals surface area contributed by atoms with Crippen LogP contribution in [0.5, 0.6) is 5.75 Å². The molecule has 1 saturated heterocycles. The second-order valence-electron chi connectivity index (χ2n) is 10.2. The van der Waals surface area contributed by atoms with Crippen LogP contribution >= 0.6 is 0 Å². The monoisotopic (exact) mass is 494 g/mol. The Hall–Kier alpha value is -3.93. The normalized spacial score (nSPS) is 23.8. The van der Waals surface area contributed by atoms with Crippen LogP contribution in [0.4, 0.5) is 5.69 Å². The first-order valence-electron chi connectivity index (χ1n) is 13.0. The van der Waals surface area contributed by atoms with Crippen molar-refractivity contribution in [2.45, 2.75) is 44.1 Å². The third kappa shape index (κ3) is 3.50. The van der Waals surface area contributed by atoms with Crippen molar-refractivity contribution in [1.82, 2.24) is 4.90 Å². The van der Waals surface area contributed by atoms with E-state index in [1.54, 1.807) is 19.2 Å². The second-order valence-corrected chi connectivity index (χ2v) is 10.2. The number of hydrogen-bond donors (Lipinski definition) is 1. The maximum Gasteiger partial charge on any atom is 0.247 e. The largest absolute Gasteiger partial charge is 0.495 e. The molecule has 0 aromatic heterocycles. The van der Waals surface area contributed by atoms with Gasteiger partial charge in [0.2, 0.25) is 17.7 Å². The van der Waals surface area contributed by atoms with Crippen LogP contribution in [0.1, 0.15) is 60.3 Å². The number of ether oxygens (including phenoxy) is 1. The summed E-state index contributed by atoms with van der Waals surface area (Å²) in [5.41, 5.74) is 5.02. The van der Waals surface area contributed by atoms with E-state index in [1.165, 1.54) is 4.90 Å². The van der Waals surface area contributed by atoms with E-state index in [4.69, 9.17) is 4.74 Å². The molecule has 3 aromatic carbocycles. The van der Waals surface area contributed by atoms with Crippen LogP contribution in [0.3, 0.4) is 0 Å². The van der Waals surface area contributed by atoms with Crippen LogP contribution in [0.2, 0.25) is 0 Å². The predicted molar refractivity (Wildman–Crippen MR) is 140 cm³/mol. The number of unbranched alkanes of at least 4 members (excludes halogenated alkanes) is 1. The Morgan fingerprint density at radius 1 is 0.838 bits per heavy atom. The summed E-state index contributed by atoms with van der Waals surface area (Å²) in [4.78, 5) is 43.3. The molecule has 6 heteroatoms. The minimum absolute atomic E-state index is 0.187. The van der Waals surface area contributed by atoms with Gasteiger partial charge >= 0.3 is 0 Å². The number of likely N-dealkylation sites (tertiary alicyclic amines) is 1. The minimum atomic E-state index is -0.874. The molecule has 3 aromatic rings. The highest BCUT2D eigenvalue weighted by Crippen LogP contribution is 2.61. The summed E-state index contributed by atoms with van der Waals surface area (Å²) in [5.74, 6) is -1.66. The number of anilines is 1. The van der Waals surface area contributed by atoms with Gasteiger partial charge in [0.15, 0.2) is 0 Å². The zero-order chi connectivity index (χ0) is 25.7. The van der Waals surface area contributed by atoms with Crippen molar-refractivity contribution >= 4 is 23.4 Å². The number of imide groups is 1.